The fourth-order valence-corrected chi connectivity index (χ4v) is 2.19. The number of amides is 1. The van der Waals surface area contributed by atoms with Crippen LogP contribution in [0.2, 0.25) is 0 Å². The van der Waals surface area contributed by atoms with Gasteiger partial charge in [0.25, 0.3) is 0 Å². The zero-order chi connectivity index (χ0) is 13.4. The van der Waals surface area contributed by atoms with Crippen LogP contribution in [0.4, 0.5) is 0 Å². The van der Waals surface area contributed by atoms with Gasteiger partial charge in [0.1, 0.15) is 0 Å². The molecule has 0 saturated carbocycles. The summed E-state index contributed by atoms with van der Waals surface area (Å²) in [6, 6.07) is -0.455. The Bertz CT molecular complexity index is 294. The topological polar surface area (TPSA) is 55.6 Å². The third-order valence-electron chi connectivity index (χ3n) is 3.08. The van der Waals surface area contributed by atoms with Gasteiger partial charge in [-0.25, -0.2) is 0 Å². The first kappa shape index (κ1) is 14.5. The quantitative estimate of drug-likeness (QED) is 0.756. The number of ether oxygens (including phenoxy) is 1. The molecule has 0 radical (unpaired) electrons. The minimum atomic E-state index is -0.455. The molecule has 0 aromatic rings. The van der Waals surface area contributed by atoms with Gasteiger partial charge in [-0.15, -0.1) is 0 Å². The monoisotopic (exact) mass is 242 g/mol. The van der Waals surface area contributed by atoms with E-state index >= 15 is 0 Å². The third-order valence-corrected chi connectivity index (χ3v) is 3.08. The van der Waals surface area contributed by atoms with Gasteiger partial charge >= 0.3 is 0 Å². The predicted octanol–water partition coefficient (Wildman–Crippen LogP) is 1.39. The van der Waals surface area contributed by atoms with Crippen molar-refractivity contribution in [1.82, 2.24) is 4.90 Å². The molecule has 1 aliphatic rings. The molecule has 0 aromatic carbocycles. The van der Waals surface area contributed by atoms with Crippen molar-refractivity contribution in [3.8, 4) is 0 Å². The Hall–Kier alpha value is -0.610. The summed E-state index contributed by atoms with van der Waals surface area (Å²) in [5, 5.41) is 0. The Labute approximate surface area is 104 Å². The van der Waals surface area contributed by atoms with Crippen molar-refractivity contribution in [3.63, 3.8) is 0 Å². The van der Waals surface area contributed by atoms with E-state index in [4.69, 9.17) is 10.5 Å². The first-order valence-corrected chi connectivity index (χ1v) is 6.25. The van der Waals surface area contributed by atoms with Crippen LogP contribution in [0.15, 0.2) is 0 Å². The molecule has 2 atom stereocenters. The first-order chi connectivity index (χ1) is 7.53. The SMILES string of the molecule is CC1CN(C(=O)C(N)C(C)(C)C)CC(C)(C)O1. The lowest BCUT2D eigenvalue weighted by atomic mass is 9.86. The molecule has 1 amide bonds. The van der Waals surface area contributed by atoms with E-state index in [1.165, 1.54) is 0 Å². The molecule has 0 aliphatic carbocycles. The highest BCUT2D eigenvalue weighted by molar-refractivity contribution is 5.82. The van der Waals surface area contributed by atoms with Crippen molar-refractivity contribution in [2.75, 3.05) is 13.1 Å². The summed E-state index contributed by atoms with van der Waals surface area (Å²) in [7, 11) is 0. The predicted molar refractivity (Wildman–Crippen MR) is 68.6 cm³/mol. The zero-order valence-electron chi connectivity index (χ0n) is 11.9. The van der Waals surface area contributed by atoms with E-state index in [1.807, 2.05) is 46.4 Å². The zero-order valence-corrected chi connectivity index (χ0v) is 11.9. The van der Waals surface area contributed by atoms with Crippen LogP contribution in [0.1, 0.15) is 41.5 Å². The fraction of sp³-hybridized carbons (Fsp3) is 0.923. The summed E-state index contributed by atoms with van der Waals surface area (Å²) in [4.78, 5) is 14.2. The van der Waals surface area contributed by atoms with Gasteiger partial charge in [-0.05, 0) is 26.2 Å². The average molecular weight is 242 g/mol. The van der Waals surface area contributed by atoms with Crippen LogP contribution in [0.5, 0.6) is 0 Å². The molecule has 0 aromatic heterocycles. The fourth-order valence-electron chi connectivity index (χ4n) is 2.19. The van der Waals surface area contributed by atoms with Gasteiger partial charge in [-0.1, -0.05) is 20.8 Å². The minimum absolute atomic E-state index is 0.0284. The summed E-state index contributed by atoms with van der Waals surface area (Å²) in [6.07, 6.45) is 0.0647. The van der Waals surface area contributed by atoms with Crippen LogP contribution >= 0.6 is 0 Å². The van der Waals surface area contributed by atoms with Gasteiger partial charge in [-0.2, -0.15) is 0 Å². The lowest BCUT2D eigenvalue weighted by Gasteiger charge is -2.43. The number of nitrogens with zero attached hydrogens (tertiary/aromatic N) is 1. The highest BCUT2D eigenvalue weighted by atomic mass is 16.5. The molecule has 0 bridgehead atoms. The Kier molecular flexibility index (Phi) is 3.89. The number of nitrogens with two attached hydrogens (primary N) is 1. The van der Waals surface area contributed by atoms with E-state index < -0.39 is 6.04 Å². The third kappa shape index (κ3) is 3.68. The molecule has 1 aliphatic heterocycles. The molecule has 1 saturated heterocycles. The number of carbonyl (C=O) groups excluding carboxylic acids is 1. The summed E-state index contributed by atoms with van der Waals surface area (Å²) in [6.45, 7) is 13.2. The minimum Gasteiger partial charge on any atom is -0.369 e. The summed E-state index contributed by atoms with van der Waals surface area (Å²) < 4.78 is 5.78. The summed E-state index contributed by atoms with van der Waals surface area (Å²) in [5.74, 6) is 0.0284. The molecule has 1 rings (SSSR count). The Balaban J connectivity index is 2.76. The van der Waals surface area contributed by atoms with E-state index in [9.17, 15) is 4.79 Å². The largest absolute Gasteiger partial charge is 0.369 e. The molecule has 1 heterocycles. The van der Waals surface area contributed by atoms with Crippen LogP contribution in [0.25, 0.3) is 0 Å². The lowest BCUT2D eigenvalue weighted by molar-refractivity contribution is -0.161. The van der Waals surface area contributed by atoms with Gasteiger partial charge in [0, 0.05) is 13.1 Å². The maximum atomic E-state index is 12.3. The number of carbonyl (C=O) groups is 1. The lowest BCUT2D eigenvalue weighted by Crippen LogP contribution is -2.59. The van der Waals surface area contributed by atoms with E-state index in [2.05, 4.69) is 0 Å². The number of hydrogen-bond donors (Lipinski definition) is 1. The van der Waals surface area contributed by atoms with E-state index in [0.29, 0.717) is 13.1 Å². The van der Waals surface area contributed by atoms with E-state index in [-0.39, 0.29) is 23.0 Å². The molecule has 2 unspecified atom stereocenters. The van der Waals surface area contributed by atoms with Crippen molar-refractivity contribution in [2.45, 2.75) is 59.3 Å². The molecule has 2 N–H and O–H groups in total. The second-order valence-electron chi connectivity index (χ2n) is 6.75. The molecular formula is C13H26N2O2. The maximum absolute atomic E-state index is 12.3. The molecule has 1 fully saturated rings. The summed E-state index contributed by atoms with van der Waals surface area (Å²) >= 11 is 0. The van der Waals surface area contributed by atoms with Crippen LogP contribution in [-0.4, -0.2) is 41.6 Å². The van der Waals surface area contributed by atoms with Crippen molar-refractivity contribution in [1.29, 1.82) is 0 Å². The van der Waals surface area contributed by atoms with E-state index in [1.54, 1.807) is 0 Å². The summed E-state index contributed by atoms with van der Waals surface area (Å²) in [5.41, 5.74) is 5.53. The molecule has 0 spiro atoms. The van der Waals surface area contributed by atoms with Crippen LogP contribution in [0.3, 0.4) is 0 Å². The van der Waals surface area contributed by atoms with Crippen LogP contribution < -0.4 is 5.73 Å². The van der Waals surface area contributed by atoms with Gasteiger partial charge in [-0.3, -0.25) is 4.79 Å². The maximum Gasteiger partial charge on any atom is 0.240 e. The molecule has 17 heavy (non-hydrogen) atoms. The standard InChI is InChI=1S/C13H26N2O2/c1-9-7-15(8-13(5,6)17-9)11(16)10(14)12(2,3)4/h9-10H,7-8,14H2,1-6H3. The first-order valence-electron chi connectivity index (χ1n) is 6.25. The Morgan fingerprint density at radius 3 is 2.41 bits per heavy atom. The average Bonchev–Trinajstić information content (AvgIpc) is 2.10. The molecule has 100 valence electrons. The Morgan fingerprint density at radius 1 is 1.47 bits per heavy atom. The molecule has 4 heteroatoms. The van der Waals surface area contributed by atoms with Crippen LogP contribution in [0, 0.1) is 5.41 Å². The number of morpholine rings is 1. The Morgan fingerprint density at radius 2 is 2.00 bits per heavy atom. The van der Waals surface area contributed by atoms with Crippen molar-refractivity contribution in [2.24, 2.45) is 11.1 Å². The van der Waals surface area contributed by atoms with Crippen LogP contribution in [-0.2, 0) is 9.53 Å². The normalized spacial score (nSPS) is 26.8. The highest BCUT2D eigenvalue weighted by Gasteiger charge is 2.38. The second-order valence-corrected chi connectivity index (χ2v) is 6.75. The second kappa shape index (κ2) is 4.58. The molecular weight excluding hydrogens is 216 g/mol. The highest BCUT2D eigenvalue weighted by Crippen LogP contribution is 2.24. The van der Waals surface area contributed by atoms with Gasteiger partial charge in [0.2, 0.25) is 5.91 Å². The number of rotatable bonds is 1. The van der Waals surface area contributed by atoms with Crippen molar-refractivity contribution < 1.29 is 9.53 Å². The molecule has 4 nitrogen and oxygen atoms in total. The smallest absolute Gasteiger partial charge is 0.240 e. The van der Waals surface area contributed by atoms with Crippen molar-refractivity contribution >= 4 is 5.91 Å². The van der Waals surface area contributed by atoms with Gasteiger partial charge in [0.15, 0.2) is 0 Å². The van der Waals surface area contributed by atoms with Crippen molar-refractivity contribution in [3.05, 3.63) is 0 Å². The van der Waals surface area contributed by atoms with E-state index in [0.717, 1.165) is 0 Å². The van der Waals surface area contributed by atoms with Gasteiger partial charge in [0.05, 0.1) is 17.7 Å². The van der Waals surface area contributed by atoms with Gasteiger partial charge < -0.3 is 15.4 Å². The number of hydrogen-bond acceptors (Lipinski definition) is 3.